The number of hydrogen-bond acceptors (Lipinski definition) is 3. The highest BCUT2D eigenvalue weighted by molar-refractivity contribution is 7.92. The Hall–Kier alpha value is -2.48. The van der Waals surface area contributed by atoms with E-state index in [0.29, 0.717) is 4.31 Å². The summed E-state index contributed by atoms with van der Waals surface area (Å²) >= 11 is 0. The number of anilines is 1. The van der Waals surface area contributed by atoms with Gasteiger partial charge in [-0.1, -0.05) is 30.3 Å². The van der Waals surface area contributed by atoms with Crippen molar-refractivity contribution in [2.75, 3.05) is 17.1 Å². The smallest absolute Gasteiger partial charge is 0.241 e. The molecule has 0 fully saturated rings. The lowest BCUT2D eigenvalue weighted by Crippen LogP contribution is -2.41. The second-order valence-electron chi connectivity index (χ2n) is 5.54. The van der Waals surface area contributed by atoms with Crippen molar-refractivity contribution in [2.45, 2.75) is 13.5 Å². The third-order valence-electron chi connectivity index (χ3n) is 3.61. The molecule has 0 spiro atoms. The Kier molecular flexibility index (Phi) is 5.73. The van der Waals surface area contributed by atoms with Crippen LogP contribution in [0.25, 0.3) is 0 Å². The number of amides is 1. The van der Waals surface area contributed by atoms with E-state index in [1.54, 1.807) is 0 Å². The van der Waals surface area contributed by atoms with Crippen LogP contribution in [0, 0.1) is 18.6 Å². The van der Waals surface area contributed by atoms with Crippen LogP contribution in [-0.4, -0.2) is 27.1 Å². The molecule has 0 saturated heterocycles. The zero-order valence-corrected chi connectivity index (χ0v) is 14.6. The van der Waals surface area contributed by atoms with Crippen LogP contribution in [0.3, 0.4) is 0 Å². The maximum absolute atomic E-state index is 13.9. The zero-order chi connectivity index (χ0) is 18.6. The normalized spacial score (nSPS) is 11.2. The van der Waals surface area contributed by atoms with Crippen LogP contribution in [0.4, 0.5) is 14.5 Å². The Bertz CT molecular complexity index is 865. The Labute approximate surface area is 145 Å². The van der Waals surface area contributed by atoms with E-state index in [-0.39, 0.29) is 6.54 Å². The van der Waals surface area contributed by atoms with Crippen molar-refractivity contribution in [3.8, 4) is 0 Å². The maximum Gasteiger partial charge on any atom is 0.241 e. The van der Waals surface area contributed by atoms with Gasteiger partial charge in [0.2, 0.25) is 15.9 Å². The Morgan fingerprint density at radius 1 is 1.08 bits per heavy atom. The summed E-state index contributed by atoms with van der Waals surface area (Å²) in [6.45, 7) is 1.34. The minimum absolute atomic E-state index is 0.183. The second kappa shape index (κ2) is 7.60. The lowest BCUT2D eigenvalue weighted by molar-refractivity contribution is -0.119. The molecule has 25 heavy (non-hydrogen) atoms. The fraction of sp³-hybridized carbons (Fsp3) is 0.235. The average molecular weight is 368 g/mol. The Morgan fingerprint density at radius 2 is 1.68 bits per heavy atom. The summed E-state index contributed by atoms with van der Waals surface area (Å²) in [6.07, 6.45) is 0.785. The molecule has 0 radical (unpaired) electrons. The molecular formula is C17H18F2N2O3S. The summed E-state index contributed by atoms with van der Waals surface area (Å²) in [6, 6.07) is 10.3. The molecule has 0 heterocycles. The Balaban J connectivity index is 2.18. The number of nitrogens with one attached hydrogen (secondary N) is 1. The molecule has 2 aromatic carbocycles. The lowest BCUT2D eigenvalue weighted by Gasteiger charge is -2.22. The van der Waals surface area contributed by atoms with E-state index in [0.717, 1.165) is 35.6 Å². The van der Waals surface area contributed by atoms with Gasteiger partial charge in [0.1, 0.15) is 12.2 Å². The summed E-state index contributed by atoms with van der Waals surface area (Å²) in [5.74, 6) is -2.79. The number of benzene rings is 2. The van der Waals surface area contributed by atoms with Crippen molar-refractivity contribution in [3.63, 3.8) is 0 Å². The molecule has 0 unspecified atom stereocenters. The van der Waals surface area contributed by atoms with Gasteiger partial charge in [0.05, 0.1) is 6.26 Å². The molecule has 0 saturated carbocycles. The van der Waals surface area contributed by atoms with E-state index < -0.39 is 39.8 Å². The van der Waals surface area contributed by atoms with Gasteiger partial charge >= 0.3 is 0 Å². The number of sulfonamides is 1. The molecule has 0 atom stereocenters. The number of carbonyl (C=O) groups is 1. The molecule has 134 valence electrons. The number of para-hydroxylation sites is 1. The summed E-state index contributed by atoms with van der Waals surface area (Å²) in [7, 11) is -4.06. The molecule has 5 nitrogen and oxygen atoms in total. The van der Waals surface area contributed by atoms with E-state index in [9.17, 15) is 22.0 Å². The van der Waals surface area contributed by atoms with E-state index in [1.807, 2.05) is 31.2 Å². The largest absolute Gasteiger partial charge is 0.350 e. The first-order valence-electron chi connectivity index (χ1n) is 7.43. The third kappa shape index (κ3) is 4.76. The first-order chi connectivity index (χ1) is 11.7. The van der Waals surface area contributed by atoms with Crippen LogP contribution in [0.5, 0.6) is 0 Å². The molecule has 0 aromatic heterocycles. The van der Waals surface area contributed by atoms with E-state index >= 15 is 0 Å². The molecular weight excluding hydrogens is 350 g/mol. The molecule has 0 bridgehead atoms. The highest BCUT2D eigenvalue weighted by atomic mass is 32.2. The van der Waals surface area contributed by atoms with Crippen molar-refractivity contribution < 1.29 is 22.0 Å². The number of hydrogen-bond donors (Lipinski definition) is 1. The minimum Gasteiger partial charge on any atom is -0.350 e. The van der Waals surface area contributed by atoms with Gasteiger partial charge in [-0.25, -0.2) is 17.2 Å². The van der Waals surface area contributed by atoms with Crippen LogP contribution >= 0.6 is 0 Å². The average Bonchev–Trinajstić information content (AvgIpc) is 2.52. The minimum atomic E-state index is -4.06. The van der Waals surface area contributed by atoms with Crippen molar-refractivity contribution in [3.05, 3.63) is 65.2 Å². The molecule has 0 aliphatic carbocycles. The van der Waals surface area contributed by atoms with Gasteiger partial charge in [0.25, 0.3) is 0 Å². The van der Waals surface area contributed by atoms with Gasteiger partial charge in [0.15, 0.2) is 11.6 Å². The van der Waals surface area contributed by atoms with E-state index in [2.05, 4.69) is 5.32 Å². The van der Waals surface area contributed by atoms with Crippen LogP contribution in [0.2, 0.25) is 0 Å². The number of aryl methyl sites for hydroxylation is 1. The number of carbonyl (C=O) groups excluding carboxylic acids is 1. The summed E-state index contributed by atoms with van der Waals surface area (Å²) in [5, 5.41) is 2.56. The molecule has 0 aliphatic rings. The number of nitrogens with zero attached hydrogens (tertiary/aromatic N) is 1. The third-order valence-corrected chi connectivity index (χ3v) is 4.72. The zero-order valence-electron chi connectivity index (χ0n) is 13.8. The number of rotatable bonds is 6. The molecule has 8 heteroatoms. The lowest BCUT2D eigenvalue weighted by atomic mass is 10.1. The summed E-state index contributed by atoms with van der Waals surface area (Å²) in [5.41, 5.74) is 1.05. The highest BCUT2D eigenvalue weighted by Crippen LogP contribution is 2.25. The number of halogens is 2. The van der Waals surface area contributed by atoms with Gasteiger partial charge in [0, 0.05) is 6.54 Å². The van der Waals surface area contributed by atoms with E-state index in [4.69, 9.17) is 0 Å². The second-order valence-corrected chi connectivity index (χ2v) is 7.45. The maximum atomic E-state index is 13.9. The van der Waals surface area contributed by atoms with Gasteiger partial charge in [-0.2, -0.15) is 0 Å². The molecule has 0 aliphatic heterocycles. The van der Waals surface area contributed by atoms with Gasteiger partial charge < -0.3 is 5.32 Å². The van der Waals surface area contributed by atoms with E-state index in [1.165, 1.54) is 0 Å². The van der Waals surface area contributed by atoms with Gasteiger partial charge in [-0.3, -0.25) is 9.10 Å². The van der Waals surface area contributed by atoms with Crippen molar-refractivity contribution in [2.24, 2.45) is 0 Å². The molecule has 1 amide bonds. The first-order valence-corrected chi connectivity index (χ1v) is 9.28. The molecule has 2 rings (SSSR count). The molecule has 2 aromatic rings. The monoisotopic (exact) mass is 368 g/mol. The van der Waals surface area contributed by atoms with Crippen molar-refractivity contribution in [1.29, 1.82) is 0 Å². The van der Waals surface area contributed by atoms with Crippen LogP contribution in [0.15, 0.2) is 42.5 Å². The van der Waals surface area contributed by atoms with Gasteiger partial charge in [-0.15, -0.1) is 0 Å². The predicted molar refractivity (Wildman–Crippen MR) is 91.6 cm³/mol. The topological polar surface area (TPSA) is 66.5 Å². The first kappa shape index (κ1) is 18.9. The summed E-state index contributed by atoms with van der Waals surface area (Å²) in [4.78, 5) is 12.1. The van der Waals surface area contributed by atoms with Crippen LogP contribution in [-0.2, 0) is 21.4 Å². The van der Waals surface area contributed by atoms with Gasteiger partial charge in [-0.05, 0) is 30.2 Å². The fourth-order valence-corrected chi connectivity index (χ4v) is 3.14. The Morgan fingerprint density at radius 3 is 2.24 bits per heavy atom. The van der Waals surface area contributed by atoms with Crippen LogP contribution in [0.1, 0.15) is 11.1 Å². The highest BCUT2D eigenvalue weighted by Gasteiger charge is 2.26. The SMILES string of the molecule is Cc1ccccc1CNC(=O)CN(c1c(F)cccc1F)S(C)(=O)=O. The van der Waals surface area contributed by atoms with Crippen molar-refractivity contribution in [1.82, 2.24) is 5.32 Å². The predicted octanol–water partition coefficient (Wildman–Crippen LogP) is 2.36. The molecule has 1 N–H and O–H groups in total. The summed E-state index contributed by atoms with van der Waals surface area (Å²) < 4.78 is 52.1. The quantitative estimate of drug-likeness (QED) is 0.851. The standard InChI is InChI=1S/C17H18F2N2O3S/c1-12-6-3-4-7-13(12)10-20-16(22)11-21(25(2,23)24)17-14(18)8-5-9-15(17)19/h3-9H,10-11H2,1-2H3,(H,20,22). The van der Waals surface area contributed by atoms with Crippen molar-refractivity contribution >= 4 is 21.6 Å². The van der Waals surface area contributed by atoms with Crippen LogP contribution < -0.4 is 9.62 Å². The fourth-order valence-electron chi connectivity index (χ4n) is 2.28.